The lowest BCUT2D eigenvalue weighted by molar-refractivity contribution is 0.0127. The first kappa shape index (κ1) is 24.8. The predicted molar refractivity (Wildman–Crippen MR) is 136 cm³/mol. The molecule has 2 aliphatic rings. The van der Waals surface area contributed by atoms with Gasteiger partial charge in [-0.05, 0) is 46.1 Å². The maximum atomic E-state index is 15.2. The summed E-state index contributed by atoms with van der Waals surface area (Å²) < 4.78 is 35.0. The zero-order chi connectivity index (χ0) is 25.7. The molecule has 1 aliphatic carbocycles. The Morgan fingerprint density at radius 3 is 2.78 bits per heavy atom. The van der Waals surface area contributed by atoms with Crippen molar-refractivity contribution in [1.82, 2.24) is 15.3 Å². The number of hydrogen-bond donors (Lipinski definition) is 3. The average molecular weight is 517 g/mol. The van der Waals surface area contributed by atoms with Crippen LogP contribution in [0.2, 0.25) is 0 Å². The molecule has 3 atom stereocenters. The summed E-state index contributed by atoms with van der Waals surface area (Å²) in [6, 6.07) is 2.32. The summed E-state index contributed by atoms with van der Waals surface area (Å²) in [6.07, 6.45) is 1.41. The quantitative estimate of drug-likeness (QED) is 0.477. The summed E-state index contributed by atoms with van der Waals surface area (Å²) in [4.78, 5) is 24.7. The average Bonchev–Trinajstić information content (AvgIpc) is 3.33. The topological polar surface area (TPSA) is 119 Å². The standard InChI is InChI=1S/C25H30F2N6O2S/c1-11(2)35-20-10-33(9-18(20)28)21-8-17(27)14-6-13(4-5-19(14)32-21)31-24(34)23-22(29)15-7-16(26)12(3)30-25(15)36-23/h7-8,11,13,18,20H,4-6,9-10,28-29H2,1-3H3,(H,31,34). The first-order valence-corrected chi connectivity index (χ1v) is 12.9. The molecule has 8 nitrogen and oxygen atoms in total. The number of halogens is 2. The number of carbonyl (C=O) groups is 1. The van der Waals surface area contributed by atoms with Crippen LogP contribution in [0.1, 0.15) is 46.9 Å². The largest absolute Gasteiger partial charge is 0.397 e. The molecule has 0 radical (unpaired) electrons. The highest BCUT2D eigenvalue weighted by Crippen LogP contribution is 2.34. The number of nitrogens with two attached hydrogens (primary N) is 2. The van der Waals surface area contributed by atoms with Gasteiger partial charge in [0, 0.05) is 41.8 Å². The Bertz CT molecular complexity index is 1330. The molecule has 1 amide bonds. The van der Waals surface area contributed by atoms with Gasteiger partial charge in [0.05, 0.1) is 29.6 Å². The third-order valence-electron chi connectivity index (χ3n) is 6.79. The van der Waals surface area contributed by atoms with Crippen molar-refractivity contribution in [3.05, 3.63) is 45.6 Å². The number of amides is 1. The van der Waals surface area contributed by atoms with Crippen LogP contribution in [0.4, 0.5) is 20.3 Å². The summed E-state index contributed by atoms with van der Waals surface area (Å²) >= 11 is 1.12. The van der Waals surface area contributed by atoms with Crippen LogP contribution in [-0.4, -0.2) is 53.3 Å². The molecule has 0 saturated carbocycles. The Balaban J connectivity index is 1.30. The number of nitrogens with zero attached hydrogens (tertiary/aromatic N) is 3. The van der Waals surface area contributed by atoms with E-state index >= 15 is 4.39 Å². The van der Waals surface area contributed by atoms with Crippen LogP contribution in [0, 0.1) is 18.6 Å². The molecule has 0 aromatic carbocycles. The van der Waals surface area contributed by atoms with Gasteiger partial charge >= 0.3 is 0 Å². The number of aromatic nitrogens is 2. The van der Waals surface area contributed by atoms with E-state index in [9.17, 15) is 9.18 Å². The molecular formula is C25H30F2N6O2S. The molecule has 0 spiro atoms. The predicted octanol–water partition coefficient (Wildman–Crippen LogP) is 3.09. The van der Waals surface area contributed by atoms with Crippen LogP contribution >= 0.6 is 11.3 Å². The van der Waals surface area contributed by atoms with Gasteiger partial charge in [-0.15, -0.1) is 11.3 Å². The molecule has 192 valence electrons. The van der Waals surface area contributed by atoms with Gasteiger partial charge in [-0.25, -0.2) is 18.7 Å². The number of carbonyl (C=O) groups excluding carboxylic acids is 1. The van der Waals surface area contributed by atoms with Gasteiger partial charge in [0.15, 0.2) is 0 Å². The van der Waals surface area contributed by atoms with Crippen molar-refractivity contribution in [1.29, 1.82) is 0 Å². The first-order chi connectivity index (χ1) is 17.1. The van der Waals surface area contributed by atoms with E-state index in [4.69, 9.17) is 21.2 Å². The van der Waals surface area contributed by atoms with Crippen LogP contribution in [-0.2, 0) is 17.6 Å². The van der Waals surface area contributed by atoms with Gasteiger partial charge in [0.2, 0.25) is 0 Å². The van der Waals surface area contributed by atoms with Gasteiger partial charge < -0.3 is 26.4 Å². The molecule has 5 N–H and O–H groups in total. The van der Waals surface area contributed by atoms with Crippen LogP contribution < -0.4 is 21.7 Å². The van der Waals surface area contributed by atoms with E-state index in [0.29, 0.717) is 59.6 Å². The molecule has 11 heteroatoms. The number of nitrogens with one attached hydrogen (secondary N) is 1. The molecular weight excluding hydrogens is 486 g/mol. The van der Waals surface area contributed by atoms with E-state index in [1.165, 1.54) is 12.1 Å². The van der Waals surface area contributed by atoms with E-state index in [-0.39, 0.29) is 52.3 Å². The Morgan fingerprint density at radius 2 is 2.03 bits per heavy atom. The summed E-state index contributed by atoms with van der Waals surface area (Å²) in [5.41, 5.74) is 14.0. The number of pyridine rings is 2. The van der Waals surface area contributed by atoms with Gasteiger partial charge in [-0.2, -0.15) is 0 Å². The zero-order valence-electron chi connectivity index (χ0n) is 20.5. The van der Waals surface area contributed by atoms with E-state index in [0.717, 1.165) is 11.3 Å². The molecule has 1 saturated heterocycles. The van der Waals surface area contributed by atoms with Crippen molar-refractivity contribution >= 4 is 39.0 Å². The van der Waals surface area contributed by atoms with Crippen molar-refractivity contribution in [3.8, 4) is 0 Å². The minimum atomic E-state index is -0.468. The van der Waals surface area contributed by atoms with E-state index in [1.54, 1.807) is 6.92 Å². The molecule has 4 heterocycles. The fourth-order valence-corrected chi connectivity index (χ4v) is 5.97. The van der Waals surface area contributed by atoms with Gasteiger partial charge in [-0.3, -0.25) is 4.79 Å². The Labute approximate surface area is 212 Å². The fraction of sp³-hybridized carbons (Fsp3) is 0.480. The lowest BCUT2D eigenvalue weighted by Gasteiger charge is -2.27. The fourth-order valence-electron chi connectivity index (χ4n) is 4.95. The van der Waals surface area contributed by atoms with E-state index in [1.807, 2.05) is 18.7 Å². The van der Waals surface area contributed by atoms with Crippen molar-refractivity contribution in [2.24, 2.45) is 5.73 Å². The number of ether oxygens (including phenoxy) is 1. The second kappa shape index (κ2) is 9.53. The number of thiophene rings is 1. The monoisotopic (exact) mass is 516 g/mol. The van der Waals surface area contributed by atoms with Crippen LogP contribution in [0.5, 0.6) is 0 Å². The number of aryl methyl sites for hydroxylation is 2. The van der Waals surface area contributed by atoms with Gasteiger partial charge in [0.25, 0.3) is 5.91 Å². The summed E-state index contributed by atoms with van der Waals surface area (Å²) in [5.74, 6) is -0.613. The molecule has 1 aliphatic heterocycles. The van der Waals surface area contributed by atoms with Crippen LogP contribution in [0.3, 0.4) is 0 Å². The van der Waals surface area contributed by atoms with Crippen molar-refractivity contribution < 1.29 is 18.3 Å². The normalized spacial score (nSPS) is 21.9. The number of hydrogen-bond acceptors (Lipinski definition) is 8. The number of fused-ring (bicyclic) bond motifs is 2. The Morgan fingerprint density at radius 1 is 1.25 bits per heavy atom. The third kappa shape index (κ3) is 4.62. The number of anilines is 2. The highest BCUT2D eigenvalue weighted by molar-refractivity contribution is 7.21. The van der Waals surface area contributed by atoms with Crippen LogP contribution in [0.25, 0.3) is 10.2 Å². The molecule has 36 heavy (non-hydrogen) atoms. The maximum absolute atomic E-state index is 15.2. The molecule has 0 bridgehead atoms. The summed E-state index contributed by atoms with van der Waals surface area (Å²) in [5, 5.41) is 3.39. The van der Waals surface area contributed by atoms with Crippen molar-refractivity contribution in [2.45, 2.75) is 64.3 Å². The first-order valence-electron chi connectivity index (χ1n) is 12.1. The Kier molecular flexibility index (Phi) is 6.56. The van der Waals surface area contributed by atoms with Crippen molar-refractivity contribution in [3.63, 3.8) is 0 Å². The zero-order valence-corrected chi connectivity index (χ0v) is 21.3. The Hall–Kier alpha value is -2.89. The molecule has 5 rings (SSSR count). The van der Waals surface area contributed by atoms with E-state index < -0.39 is 5.82 Å². The maximum Gasteiger partial charge on any atom is 0.263 e. The smallest absolute Gasteiger partial charge is 0.263 e. The highest BCUT2D eigenvalue weighted by Gasteiger charge is 2.34. The lowest BCUT2D eigenvalue weighted by atomic mass is 9.91. The minimum Gasteiger partial charge on any atom is -0.397 e. The van der Waals surface area contributed by atoms with Crippen molar-refractivity contribution in [2.75, 3.05) is 23.7 Å². The molecule has 1 fully saturated rings. The number of nitrogen functional groups attached to an aromatic ring is 1. The van der Waals surface area contributed by atoms with Crippen LogP contribution in [0.15, 0.2) is 12.1 Å². The molecule has 3 unspecified atom stereocenters. The minimum absolute atomic E-state index is 0.0610. The third-order valence-corrected chi connectivity index (χ3v) is 7.91. The SMILES string of the molecule is Cc1nc2sc(C(=O)NC3CCc4nc(N5CC(N)C(OC(C)C)C5)cc(F)c4C3)c(N)c2cc1F. The van der Waals surface area contributed by atoms with Gasteiger partial charge in [0.1, 0.15) is 27.2 Å². The van der Waals surface area contributed by atoms with E-state index in [2.05, 4.69) is 10.3 Å². The highest BCUT2D eigenvalue weighted by atomic mass is 32.1. The second-order valence-electron chi connectivity index (χ2n) is 9.85. The molecule has 3 aromatic rings. The molecule has 3 aromatic heterocycles. The second-order valence-corrected chi connectivity index (χ2v) is 10.8. The summed E-state index contributed by atoms with van der Waals surface area (Å²) in [7, 11) is 0. The summed E-state index contributed by atoms with van der Waals surface area (Å²) in [6.45, 7) is 6.62. The number of rotatable bonds is 5. The van der Waals surface area contributed by atoms with Gasteiger partial charge in [-0.1, -0.05) is 0 Å². The lowest BCUT2D eigenvalue weighted by Crippen LogP contribution is -2.39.